The molecular weight excluding hydrogens is 412 g/mol. The maximum atomic E-state index is 14.0. The van der Waals surface area contributed by atoms with Crippen LogP contribution in [0.1, 0.15) is 12.0 Å². The lowest BCUT2D eigenvalue weighted by Gasteiger charge is -2.31. The molecule has 0 radical (unpaired) electrons. The van der Waals surface area contributed by atoms with Crippen LogP contribution in [0, 0.1) is 5.92 Å². The number of benzene rings is 2. The highest BCUT2D eigenvalue weighted by molar-refractivity contribution is 6.30. The summed E-state index contributed by atoms with van der Waals surface area (Å²) >= 11 is 5.96. The largest absolute Gasteiger partial charge is 0.441 e. The van der Waals surface area contributed by atoms with Crippen LogP contribution in [0.4, 0.5) is 19.3 Å². The molecule has 4 rings (SSSR count). The van der Waals surface area contributed by atoms with Gasteiger partial charge in [0.05, 0.1) is 19.3 Å². The third-order valence-corrected chi connectivity index (χ3v) is 5.42. The maximum absolute atomic E-state index is 14.0. The lowest BCUT2D eigenvalue weighted by molar-refractivity contribution is 0.0227. The van der Waals surface area contributed by atoms with Gasteiger partial charge < -0.3 is 9.47 Å². The quantitative estimate of drug-likeness (QED) is 0.565. The molecule has 1 aliphatic carbocycles. The smallest absolute Gasteiger partial charge is 0.415 e. The van der Waals surface area contributed by atoms with E-state index < -0.39 is 35.8 Å². The van der Waals surface area contributed by atoms with Gasteiger partial charge in [0.15, 0.2) is 0 Å². The molecule has 0 spiro atoms. The lowest BCUT2D eigenvalue weighted by Crippen LogP contribution is -2.44. The molecule has 1 heterocycles. The molecule has 2 aromatic carbocycles. The summed E-state index contributed by atoms with van der Waals surface area (Å²) in [7, 11) is 0. The van der Waals surface area contributed by atoms with Crippen LogP contribution in [0.15, 0.2) is 78.4 Å². The zero-order valence-electron chi connectivity index (χ0n) is 16.0. The SMILES string of the molecule is O=C1O[C@@H](COCc2ccccc2)[C@H](C2C=C(F)C=C(F)C2)N1c1ccc(Cl)cc1. The molecular formula is C23H20ClF2NO3. The molecule has 0 N–H and O–H groups in total. The fourth-order valence-corrected chi connectivity index (χ4v) is 3.98. The number of amides is 1. The Hall–Kier alpha value is -2.70. The van der Waals surface area contributed by atoms with Crippen molar-refractivity contribution in [1.29, 1.82) is 0 Å². The Bertz CT molecular complexity index is 962. The molecule has 156 valence electrons. The fraction of sp³-hybridized carbons (Fsp3) is 0.261. The van der Waals surface area contributed by atoms with E-state index in [2.05, 4.69) is 0 Å². The van der Waals surface area contributed by atoms with Crippen LogP contribution < -0.4 is 4.90 Å². The molecule has 1 fully saturated rings. The second-order valence-electron chi connectivity index (χ2n) is 7.27. The van der Waals surface area contributed by atoms with E-state index in [0.29, 0.717) is 17.3 Å². The van der Waals surface area contributed by atoms with E-state index in [4.69, 9.17) is 21.1 Å². The van der Waals surface area contributed by atoms with Crippen LogP contribution in [0.5, 0.6) is 0 Å². The summed E-state index contributed by atoms with van der Waals surface area (Å²) in [5.41, 5.74) is 1.52. The maximum Gasteiger partial charge on any atom is 0.415 e. The Morgan fingerprint density at radius 3 is 2.53 bits per heavy atom. The van der Waals surface area contributed by atoms with E-state index in [0.717, 1.165) is 11.6 Å². The average molecular weight is 432 g/mol. The second-order valence-corrected chi connectivity index (χ2v) is 7.71. The lowest BCUT2D eigenvalue weighted by atomic mass is 9.87. The monoisotopic (exact) mass is 431 g/mol. The molecule has 3 atom stereocenters. The summed E-state index contributed by atoms with van der Waals surface area (Å²) in [6.07, 6.45) is 0.912. The zero-order chi connectivity index (χ0) is 21.1. The van der Waals surface area contributed by atoms with Crippen molar-refractivity contribution in [2.45, 2.75) is 25.2 Å². The van der Waals surface area contributed by atoms with Crippen molar-refractivity contribution >= 4 is 23.4 Å². The van der Waals surface area contributed by atoms with E-state index in [9.17, 15) is 13.6 Å². The van der Waals surface area contributed by atoms with Crippen molar-refractivity contribution in [2.24, 2.45) is 5.92 Å². The number of carbonyl (C=O) groups is 1. The Morgan fingerprint density at radius 1 is 1.10 bits per heavy atom. The summed E-state index contributed by atoms with van der Waals surface area (Å²) in [5, 5.41) is 0.517. The van der Waals surface area contributed by atoms with Crippen molar-refractivity contribution in [3.63, 3.8) is 0 Å². The normalized spacial score (nSPS) is 23.8. The Morgan fingerprint density at radius 2 is 1.83 bits per heavy atom. The molecule has 1 amide bonds. The first kappa shape index (κ1) is 20.6. The minimum absolute atomic E-state index is 0.0198. The van der Waals surface area contributed by atoms with Crippen molar-refractivity contribution < 1.29 is 23.0 Å². The Kier molecular flexibility index (Phi) is 6.16. The third kappa shape index (κ3) is 4.55. The molecule has 4 nitrogen and oxygen atoms in total. The standard InChI is InChI=1S/C23H20ClF2NO3/c24-17-6-8-20(9-7-17)27-22(16-10-18(25)12-19(26)11-16)21(30-23(27)28)14-29-13-15-4-2-1-3-5-15/h1-10,12,16,21-22H,11,13-14H2/t16?,21-,22-/m0/s1. The van der Waals surface area contributed by atoms with Gasteiger partial charge in [0, 0.05) is 29.1 Å². The van der Waals surface area contributed by atoms with E-state index in [1.165, 1.54) is 11.0 Å². The topological polar surface area (TPSA) is 38.8 Å². The number of carbonyl (C=O) groups excluding carboxylic acids is 1. The molecule has 30 heavy (non-hydrogen) atoms. The van der Waals surface area contributed by atoms with Crippen molar-refractivity contribution in [2.75, 3.05) is 11.5 Å². The first-order valence-electron chi connectivity index (χ1n) is 9.62. The minimum atomic E-state index is -0.683. The summed E-state index contributed by atoms with van der Waals surface area (Å²) in [5.74, 6) is -1.83. The number of hydrogen-bond donors (Lipinski definition) is 0. The molecule has 2 aromatic rings. The second kappa shape index (κ2) is 8.98. The molecule has 1 saturated heterocycles. The first-order chi connectivity index (χ1) is 14.5. The van der Waals surface area contributed by atoms with Gasteiger partial charge in [0.2, 0.25) is 0 Å². The molecule has 0 aromatic heterocycles. The van der Waals surface area contributed by atoms with Gasteiger partial charge in [-0.2, -0.15) is 0 Å². The van der Waals surface area contributed by atoms with Crippen LogP contribution in [0.25, 0.3) is 0 Å². The van der Waals surface area contributed by atoms with Crippen LogP contribution >= 0.6 is 11.6 Å². The summed E-state index contributed by atoms with van der Waals surface area (Å²) in [4.78, 5) is 14.1. The minimum Gasteiger partial charge on any atom is -0.441 e. The summed E-state index contributed by atoms with van der Waals surface area (Å²) in [6.45, 7) is 0.443. The first-order valence-corrected chi connectivity index (χ1v) is 9.99. The van der Waals surface area contributed by atoms with Crippen LogP contribution in [0.3, 0.4) is 0 Å². The van der Waals surface area contributed by atoms with E-state index >= 15 is 0 Å². The van der Waals surface area contributed by atoms with Gasteiger partial charge in [-0.05, 0) is 35.9 Å². The predicted octanol–water partition coefficient (Wildman–Crippen LogP) is 5.98. The van der Waals surface area contributed by atoms with Gasteiger partial charge in [0.1, 0.15) is 17.8 Å². The van der Waals surface area contributed by atoms with Gasteiger partial charge in [-0.3, -0.25) is 4.90 Å². The van der Waals surface area contributed by atoms with Gasteiger partial charge >= 0.3 is 6.09 Å². The number of allylic oxidation sites excluding steroid dienone is 3. The third-order valence-electron chi connectivity index (χ3n) is 5.16. The van der Waals surface area contributed by atoms with E-state index in [1.54, 1.807) is 24.3 Å². The highest BCUT2D eigenvalue weighted by atomic mass is 35.5. The van der Waals surface area contributed by atoms with Gasteiger partial charge in [-0.25, -0.2) is 13.6 Å². The number of anilines is 1. The van der Waals surface area contributed by atoms with Crippen molar-refractivity contribution in [3.05, 3.63) is 89.0 Å². The van der Waals surface area contributed by atoms with Gasteiger partial charge in [0.25, 0.3) is 0 Å². The average Bonchev–Trinajstić information content (AvgIpc) is 3.05. The number of hydrogen-bond acceptors (Lipinski definition) is 3. The molecule has 1 aliphatic heterocycles. The van der Waals surface area contributed by atoms with Crippen molar-refractivity contribution in [1.82, 2.24) is 0 Å². The number of cyclic esters (lactones) is 1. The van der Waals surface area contributed by atoms with Gasteiger partial charge in [-0.1, -0.05) is 41.9 Å². The number of ether oxygens (including phenoxy) is 2. The number of rotatable bonds is 6. The molecule has 2 aliphatic rings. The predicted molar refractivity (Wildman–Crippen MR) is 111 cm³/mol. The van der Waals surface area contributed by atoms with E-state index in [1.807, 2.05) is 30.3 Å². The summed E-state index contributed by atoms with van der Waals surface area (Å²) < 4.78 is 39.3. The van der Waals surface area contributed by atoms with Crippen LogP contribution in [-0.2, 0) is 16.1 Å². The fourth-order valence-electron chi connectivity index (χ4n) is 3.85. The Labute approximate surface area is 178 Å². The van der Waals surface area contributed by atoms with Gasteiger partial charge in [-0.15, -0.1) is 0 Å². The highest BCUT2D eigenvalue weighted by Gasteiger charge is 2.47. The number of nitrogens with zero attached hydrogens (tertiary/aromatic N) is 1. The van der Waals surface area contributed by atoms with Crippen LogP contribution in [-0.4, -0.2) is 24.8 Å². The highest BCUT2D eigenvalue weighted by Crippen LogP contribution is 2.38. The van der Waals surface area contributed by atoms with Crippen molar-refractivity contribution in [3.8, 4) is 0 Å². The molecule has 0 saturated carbocycles. The number of halogens is 3. The molecule has 0 bridgehead atoms. The Balaban J connectivity index is 1.57. The molecule has 1 unspecified atom stereocenters. The zero-order valence-corrected chi connectivity index (χ0v) is 16.8. The summed E-state index contributed by atoms with van der Waals surface area (Å²) in [6, 6.07) is 15.6. The van der Waals surface area contributed by atoms with E-state index in [-0.39, 0.29) is 13.0 Å². The molecule has 7 heteroatoms. The van der Waals surface area contributed by atoms with Crippen LogP contribution in [0.2, 0.25) is 5.02 Å².